The van der Waals surface area contributed by atoms with Crippen LogP contribution in [0.15, 0.2) is 84.9 Å². The Hall–Kier alpha value is -2.27. The minimum atomic E-state index is -2.61. The van der Waals surface area contributed by atoms with E-state index in [1.54, 1.807) is 12.1 Å². The molecule has 28 heavy (non-hydrogen) atoms. The van der Waals surface area contributed by atoms with E-state index in [1.165, 1.54) is 22.5 Å². The standard InChI is InChI=1S/C24H28FNOSi/c1-24(2,3)28(21-10-6-4-7-11-21,22-12-8-5-9-13-22)27-18-23(26)19-14-16-20(25)17-15-19/h4-17,23H,18,26H2,1-3H3. The van der Waals surface area contributed by atoms with Gasteiger partial charge in [0.25, 0.3) is 8.32 Å². The average Bonchev–Trinajstić information content (AvgIpc) is 2.69. The van der Waals surface area contributed by atoms with Gasteiger partial charge in [-0.3, -0.25) is 0 Å². The predicted molar refractivity (Wildman–Crippen MR) is 117 cm³/mol. The minimum absolute atomic E-state index is 0.0990. The van der Waals surface area contributed by atoms with E-state index in [2.05, 4.69) is 69.3 Å². The quantitative estimate of drug-likeness (QED) is 0.630. The summed E-state index contributed by atoms with van der Waals surface area (Å²) in [6.45, 7) is 7.09. The summed E-state index contributed by atoms with van der Waals surface area (Å²) in [5, 5.41) is 2.35. The summed E-state index contributed by atoms with van der Waals surface area (Å²) in [4.78, 5) is 0. The molecule has 4 heteroatoms. The van der Waals surface area contributed by atoms with Gasteiger partial charge in [0.15, 0.2) is 0 Å². The van der Waals surface area contributed by atoms with Gasteiger partial charge in [-0.25, -0.2) is 4.39 Å². The third-order valence-corrected chi connectivity index (χ3v) is 10.2. The van der Waals surface area contributed by atoms with Crippen LogP contribution in [-0.2, 0) is 4.43 Å². The Morgan fingerprint density at radius 2 is 1.29 bits per heavy atom. The Morgan fingerprint density at radius 1 is 0.821 bits per heavy atom. The average molecular weight is 394 g/mol. The third kappa shape index (κ3) is 4.09. The van der Waals surface area contributed by atoms with Crippen LogP contribution < -0.4 is 16.1 Å². The predicted octanol–water partition coefficient (Wildman–Crippen LogP) is 4.40. The van der Waals surface area contributed by atoms with Crippen molar-refractivity contribution in [1.82, 2.24) is 0 Å². The second-order valence-electron chi connectivity index (χ2n) is 8.13. The van der Waals surface area contributed by atoms with Crippen LogP contribution in [0.2, 0.25) is 5.04 Å². The first-order chi connectivity index (χ1) is 13.3. The Bertz CT molecular complexity index is 836. The van der Waals surface area contributed by atoms with E-state index < -0.39 is 8.32 Å². The highest BCUT2D eigenvalue weighted by Crippen LogP contribution is 2.37. The topological polar surface area (TPSA) is 35.2 Å². The highest BCUT2D eigenvalue weighted by molar-refractivity contribution is 6.99. The van der Waals surface area contributed by atoms with Crippen molar-refractivity contribution < 1.29 is 8.82 Å². The van der Waals surface area contributed by atoms with E-state index >= 15 is 0 Å². The number of benzene rings is 3. The lowest BCUT2D eigenvalue weighted by Crippen LogP contribution is -2.67. The van der Waals surface area contributed by atoms with Gasteiger partial charge >= 0.3 is 0 Å². The Balaban J connectivity index is 2.02. The third-order valence-electron chi connectivity index (χ3n) is 5.19. The Kier molecular flexibility index (Phi) is 6.13. The van der Waals surface area contributed by atoms with Gasteiger partial charge < -0.3 is 10.2 Å². The summed E-state index contributed by atoms with van der Waals surface area (Å²) >= 11 is 0. The van der Waals surface area contributed by atoms with Crippen molar-refractivity contribution in [2.75, 3.05) is 6.61 Å². The smallest absolute Gasteiger partial charge is 0.261 e. The molecule has 0 aliphatic heterocycles. The summed E-state index contributed by atoms with van der Waals surface area (Å²) in [5.41, 5.74) is 7.30. The number of rotatable bonds is 6. The molecule has 3 rings (SSSR count). The van der Waals surface area contributed by atoms with Gasteiger partial charge in [-0.05, 0) is 33.1 Å². The number of nitrogens with two attached hydrogens (primary N) is 1. The minimum Gasteiger partial charge on any atom is -0.405 e. The molecule has 0 bridgehead atoms. The maximum absolute atomic E-state index is 13.3. The monoisotopic (exact) mass is 393 g/mol. The van der Waals surface area contributed by atoms with Crippen LogP contribution in [0.25, 0.3) is 0 Å². The van der Waals surface area contributed by atoms with Gasteiger partial charge in [0, 0.05) is 0 Å². The van der Waals surface area contributed by atoms with Gasteiger partial charge in [-0.15, -0.1) is 0 Å². The molecule has 0 radical (unpaired) electrons. The fourth-order valence-electron chi connectivity index (χ4n) is 3.78. The van der Waals surface area contributed by atoms with Crippen molar-refractivity contribution in [3.8, 4) is 0 Å². The maximum Gasteiger partial charge on any atom is 0.261 e. The van der Waals surface area contributed by atoms with E-state index in [0.29, 0.717) is 6.61 Å². The highest BCUT2D eigenvalue weighted by Gasteiger charge is 2.50. The molecule has 0 saturated carbocycles. The zero-order chi connectivity index (χ0) is 20.2. The first kappa shape index (κ1) is 20.5. The molecule has 2 nitrogen and oxygen atoms in total. The van der Waals surface area contributed by atoms with Gasteiger partial charge in [0.05, 0.1) is 12.6 Å². The van der Waals surface area contributed by atoms with Gasteiger partial charge in [0.1, 0.15) is 5.82 Å². The Labute approximate surface area is 168 Å². The Morgan fingerprint density at radius 3 is 1.71 bits per heavy atom. The first-order valence-corrected chi connectivity index (χ1v) is 11.5. The van der Waals surface area contributed by atoms with Gasteiger partial charge in [0.2, 0.25) is 0 Å². The molecule has 3 aromatic rings. The number of hydrogen-bond acceptors (Lipinski definition) is 2. The molecule has 3 aromatic carbocycles. The van der Waals surface area contributed by atoms with E-state index in [9.17, 15) is 4.39 Å². The summed E-state index contributed by atoms with van der Waals surface area (Å²) in [6.07, 6.45) is 0. The van der Waals surface area contributed by atoms with Crippen LogP contribution in [-0.4, -0.2) is 14.9 Å². The molecular weight excluding hydrogens is 365 g/mol. The molecule has 1 atom stereocenters. The van der Waals surface area contributed by atoms with E-state index in [4.69, 9.17) is 10.2 Å². The van der Waals surface area contributed by atoms with Crippen molar-refractivity contribution >= 4 is 18.7 Å². The summed E-state index contributed by atoms with van der Waals surface area (Å²) in [6, 6.07) is 27.0. The van der Waals surface area contributed by atoms with Crippen LogP contribution in [0.3, 0.4) is 0 Å². The van der Waals surface area contributed by atoms with Crippen molar-refractivity contribution in [3.63, 3.8) is 0 Å². The molecular formula is C24H28FNOSi. The lowest BCUT2D eigenvalue weighted by Gasteiger charge is -2.43. The van der Waals surface area contributed by atoms with Crippen LogP contribution in [0.5, 0.6) is 0 Å². The fraction of sp³-hybridized carbons (Fsp3) is 0.250. The number of halogens is 1. The number of hydrogen-bond donors (Lipinski definition) is 1. The molecule has 0 amide bonds. The molecule has 146 valence electrons. The molecule has 2 N–H and O–H groups in total. The maximum atomic E-state index is 13.3. The zero-order valence-corrected chi connectivity index (χ0v) is 17.7. The van der Waals surface area contributed by atoms with Crippen LogP contribution >= 0.6 is 0 Å². The molecule has 0 fully saturated rings. The first-order valence-electron chi connectivity index (χ1n) is 9.60. The summed E-state index contributed by atoms with van der Waals surface area (Å²) < 4.78 is 20.1. The molecule has 0 spiro atoms. The second-order valence-corrected chi connectivity index (χ2v) is 12.4. The molecule has 0 saturated heterocycles. The lowest BCUT2D eigenvalue weighted by atomic mass is 10.1. The van der Waals surface area contributed by atoms with Crippen molar-refractivity contribution in [2.45, 2.75) is 31.9 Å². The fourth-order valence-corrected chi connectivity index (χ4v) is 8.37. The molecule has 1 unspecified atom stereocenters. The van der Waals surface area contributed by atoms with Crippen LogP contribution in [0, 0.1) is 5.82 Å². The van der Waals surface area contributed by atoms with E-state index in [1.807, 2.05) is 12.1 Å². The van der Waals surface area contributed by atoms with Crippen molar-refractivity contribution in [2.24, 2.45) is 5.73 Å². The molecule has 0 aliphatic carbocycles. The summed E-state index contributed by atoms with van der Waals surface area (Å²) in [7, 11) is -2.61. The van der Waals surface area contributed by atoms with Crippen molar-refractivity contribution in [1.29, 1.82) is 0 Å². The van der Waals surface area contributed by atoms with Crippen LogP contribution in [0.1, 0.15) is 32.4 Å². The zero-order valence-electron chi connectivity index (χ0n) is 16.7. The van der Waals surface area contributed by atoms with Crippen LogP contribution in [0.4, 0.5) is 4.39 Å². The highest BCUT2D eigenvalue weighted by atomic mass is 28.4. The molecule has 0 heterocycles. The van der Waals surface area contributed by atoms with Crippen molar-refractivity contribution in [3.05, 3.63) is 96.3 Å². The largest absolute Gasteiger partial charge is 0.405 e. The van der Waals surface area contributed by atoms with E-state index in [0.717, 1.165) is 5.56 Å². The molecule has 0 aliphatic rings. The second kappa shape index (κ2) is 8.39. The normalized spacial score (nSPS) is 13.3. The van der Waals surface area contributed by atoms with Gasteiger partial charge in [-0.1, -0.05) is 93.6 Å². The van der Waals surface area contributed by atoms with E-state index in [-0.39, 0.29) is 16.9 Å². The SMILES string of the molecule is CC(C)(C)[Si](OCC(N)c1ccc(F)cc1)(c1ccccc1)c1ccccc1. The van der Waals surface area contributed by atoms with Gasteiger partial charge in [-0.2, -0.15) is 0 Å². The summed E-state index contributed by atoms with van der Waals surface area (Å²) in [5.74, 6) is -0.260. The molecule has 0 aromatic heterocycles. The lowest BCUT2D eigenvalue weighted by molar-refractivity contribution is 0.273.